The maximum Gasteiger partial charge on any atom is 0.387 e. The second-order valence-corrected chi connectivity index (χ2v) is 5.32. The van der Waals surface area contributed by atoms with Gasteiger partial charge in [0.05, 0.1) is 0 Å². The van der Waals surface area contributed by atoms with Gasteiger partial charge in [0.2, 0.25) is 0 Å². The Balaban J connectivity index is 0.00000242. The summed E-state index contributed by atoms with van der Waals surface area (Å²) in [6, 6.07) is 5.72. The molecule has 124 valence electrons. The molecule has 0 radical (unpaired) electrons. The van der Waals surface area contributed by atoms with E-state index in [4.69, 9.17) is 5.73 Å². The zero-order chi connectivity index (χ0) is 15.4. The molecule has 2 rings (SSSR count). The number of carbonyl (C=O) groups excluding carboxylic acids is 1. The van der Waals surface area contributed by atoms with Crippen LogP contribution in [0.1, 0.15) is 36.5 Å². The first kappa shape index (κ1) is 18.6. The molecule has 1 fully saturated rings. The Hall–Kier alpha value is -1.40. The Morgan fingerprint density at radius 2 is 1.95 bits per heavy atom. The number of halogens is 3. The molecule has 0 aromatic heterocycles. The third kappa shape index (κ3) is 4.55. The van der Waals surface area contributed by atoms with Gasteiger partial charge in [0.25, 0.3) is 5.91 Å². The molecule has 0 spiro atoms. The molecule has 1 amide bonds. The van der Waals surface area contributed by atoms with Crippen LogP contribution < -0.4 is 10.5 Å². The van der Waals surface area contributed by atoms with Gasteiger partial charge in [-0.05, 0) is 50.5 Å². The van der Waals surface area contributed by atoms with E-state index >= 15 is 0 Å². The van der Waals surface area contributed by atoms with Gasteiger partial charge < -0.3 is 15.4 Å². The molecule has 1 aliphatic rings. The Labute approximate surface area is 135 Å². The summed E-state index contributed by atoms with van der Waals surface area (Å²) < 4.78 is 28.5. The molecule has 4 nitrogen and oxygen atoms in total. The van der Waals surface area contributed by atoms with E-state index in [1.165, 1.54) is 24.3 Å². The lowest BCUT2D eigenvalue weighted by atomic mass is 9.96. The molecule has 22 heavy (non-hydrogen) atoms. The van der Waals surface area contributed by atoms with Gasteiger partial charge in [-0.15, -0.1) is 12.4 Å². The quantitative estimate of drug-likeness (QED) is 0.920. The number of carbonyl (C=O) groups is 1. The fourth-order valence-corrected chi connectivity index (χ4v) is 2.70. The maximum absolute atomic E-state index is 12.5. The lowest BCUT2D eigenvalue weighted by Crippen LogP contribution is -2.51. The summed E-state index contributed by atoms with van der Waals surface area (Å²) in [6.45, 7) is -0.285. The first-order valence-corrected chi connectivity index (χ1v) is 7.10. The Morgan fingerprint density at radius 1 is 1.32 bits per heavy atom. The highest BCUT2D eigenvalue weighted by Gasteiger charge is 2.29. The average molecular weight is 335 g/mol. The van der Waals surface area contributed by atoms with E-state index in [1.54, 1.807) is 4.90 Å². The molecular weight excluding hydrogens is 314 g/mol. The summed E-state index contributed by atoms with van der Waals surface area (Å²) in [4.78, 5) is 14.3. The molecule has 1 aromatic rings. The van der Waals surface area contributed by atoms with Crippen molar-refractivity contribution in [2.75, 3.05) is 6.54 Å². The number of amides is 1. The van der Waals surface area contributed by atoms with Crippen molar-refractivity contribution in [3.8, 4) is 5.75 Å². The topological polar surface area (TPSA) is 55.6 Å². The maximum atomic E-state index is 12.5. The summed E-state index contributed by atoms with van der Waals surface area (Å²) >= 11 is 0. The molecule has 1 aliphatic heterocycles. The summed E-state index contributed by atoms with van der Waals surface area (Å²) in [5.74, 6) is -0.0652. The first-order chi connectivity index (χ1) is 9.99. The largest absolute Gasteiger partial charge is 0.435 e. The number of nitrogens with zero attached hydrogens (tertiary/aromatic N) is 1. The van der Waals surface area contributed by atoms with Crippen molar-refractivity contribution in [2.45, 2.75) is 44.9 Å². The van der Waals surface area contributed by atoms with Crippen molar-refractivity contribution in [3.63, 3.8) is 0 Å². The van der Waals surface area contributed by atoms with Crippen LogP contribution in [0.2, 0.25) is 0 Å². The van der Waals surface area contributed by atoms with Crippen LogP contribution in [0.25, 0.3) is 0 Å². The minimum atomic E-state index is -2.86. The minimum absolute atomic E-state index is 0. The van der Waals surface area contributed by atoms with Gasteiger partial charge in [-0.1, -0.05) is 0 Å². The number of ether oxygens (including phenoxy) is 1. The first-order valence-electron chi connectivity index (χ1n) is 7.10. The van der Waals surface area contributed by atoms with E-state index in [0.29, 0.717) is 12.1 Å². The van der Waals surface area contributed by atoms with Crippen LogP contribution in [-0.2, 0) is 0 Å². The Kier molecular flexibility index (Phi) is 7.03. The zero-order valence-electron chi connectivity index (χ0n) is 12.4. The predicted molar refractivity (Wildman–Crippen MR) is 82.6 cm³/mol. The van der Waals surface area contributed by atoms with Gasteiger partial charge in [-0.3, -0.25) is 4.79 Å². The number of piperidine rings is 1. The molecule has 1 heterocycles. The Bertz CT molecular complexity index is 483. The van der Waals surface area contributed by atoms with Crippen LogP contribution in [0.4, 0.5) is 8.78 Å². The van der Waals surface area contributed by atoms with Gasteiger partial charge in [-0.2, -0.15) is 8.78 Å². The molecule has 0 saturated carbocycles. The van der Waals surface area contributed by atoms with Crippen molar-refractivity contribution < 1.29 is 18.3 Å². The van der Waals surface area contributed by atoms with Gasteiger partial charge >= 0.3 is 6.61 Å². The van der Waals surface area contributed by atoms with Crippen LogP contribution in [0, 0.1) is 0 Å². The fourth-order valence-electron chi connectivity index (χ4n) is 2.70. The molecule has 1 aromatic carbocycles. The number of benzene rings is 1. The molecule has 2 unspecified atom stereocenters. The van der Waals surface area contributed by atoms with E-state index in [9.17, 15) is 13.6 Å². The monoisotopic (exact) mass is 334 g/mol. The van der Waals surface area contributed by atoms with Gasteiger partial charge in [0, 0.05) is 24.2 Å². The van der Waals surface area contributed by atoms with E-state index in [0.717, 1.165) is 19.3 Å². The number of hydrogen-bond acceptors (Lipinski definition) is 3. The minimum Gasteiger partial charge on any atom is -0.435 e. The summed E-state index contributed by atoms with van der Waals surface area (Å²) in [5, 5.41) is 0. The van der Waals surface area contributed by atoms with Gasteiger partial charge in [0.1, 0.15) is 5.75 Å². The number of alkyl halides is 2. The highest BCUT2D eigenvalue weighted by Crippen LogP contribution is 2.22. The van der Waals surface area contributed by atoms with E-state index in [2.05, 4.69) is 4.74 Å². The van der Waals surface area contributed by atoms with E-state index in [1.807, 2.05) is 6.92 Å². The second kappa shape index (κ2) is 8.29. The predicted octanol–water partition coefficient (Wildman–Crippen LogP) is 3.05. The lowest BCUT2D eigenvalue weighted by molar-refractivity contribution is -0.0498. The fraction of sp³-hybridized carbons (Fsp3) is 0.533. The smallest absolute Gasteiger partial charge is 0.387 e. The van der Waals surface area contributed by atoms with E-state index in [-0.39, 0.29) is 36.1 Å². The molecule has 0 aliphatic carbocycles. The third-order valence-electron chi connectivity index (χ3n) is 3.74. The molecule has 0 bridgehead atoms. The number of nitrogens with two attached hydrogens (primary N) is 1. The highest BCUT2D eigenvalue weighted by atomic mass is 35.5. The van der Waals surface area contributed by atoms with E-state index < -0.39 is 6.61 Å². The van der Waals surface area contributed by atoms with Crippen LogP contribution in [0.15, 0.2) is 24.3 Å². The van der Waals surface area contributed by atoms with Crippen LogP contribution >= 0.6 is 12.4 Å². The van der Waals surface area contributed by atoms with Crippen LogP contribution in [0.5, 0.6) is 5.75 Å². The second-order valence-electron chi connectivity index (χ2n) is 5.32. The Morgan fingerprint density at radius 3 is 2.50 bits per heavy atom. The van der Waals surface area contributed by atoms with Crippen LogP contribution in [-0.4, -0.2) is 36.0 Å². The third-order valence-corrected chi connectivity index (χ3v) is 3.74. The van der Waals surface area contributed by atoms with Crippen molar-refractivity contribution in [2.24, 2.45) is 5.73 Å². The van der Waals surface area contributed by atoms with Crippen LogP contribution in [0.3, 0.4) is 0 Å². The molecule has 2 atom stereocenters. The highest BCUT2D eigenvalue weighted by molar-refractivity contribution is 5.94. The molecular formula is C15H21ClF2N2O2. The van der Waals surface area contributed by atoms with Crippen molar-refractivity contribution in [1.82, 2.24) is 4.90 Å². The normalized spacial score (nSPS) is 19.5. The molecule has 1 saturated heterocycles. The number of rotatable bonds is 4. The number of hydrogen-bond donors (Lipinski definition) is 1. The van der Waals surface area contributed by atoms with Gasteiger partial charge in [0.15, 0.2) is 0 Å². The van der Waals surface area contributed by atoms with Gasteiger partial charge in [-0.25, -0.2) is 0 Å². The molecule has 7 heteroatoms. The summed E-state index contributed by atoms with van der Waals surface area (Å²) in [7, 11) is 0. The average Bonchev–Trinajstić information content (AvgIpc) is 2.46. The SMILES string of the molecule is CC(N)C1CCCCN1C(=O)c1ccc(OC(F)F)cc1.Cl. The van der Waals surface area contributed by atoms with Crippen molar-refractivity contribution in [1.29, 1.82) is 0 Å². The number of likely N-dealkylation sites (tertiary alicyclic amines) is 1. The van der Waals surface area contributed by atoms with Crippen molar-refractivity contribution in [3.05, 3.63) is 29.8 Å². The van der Waals surface area contributed by atoms with Crippen molar-refractivity contribution >= 4 is 18.3 Å². The zero-order valence-corrected chi connectivity index (χ0v) is 13.2. The standard InChI is InChI=1S/C15H20F2N2O2.ClH/c1-10(18)13-4-2-3-9-19(13)14(20)11-5-7-12(8-6-11)21-15(16)17;/h5-8,10,13,15H,2-4,9,18H2,1H3;1H. The lowest BCUT2D eigenvalue weighted by Gasteiger charge is -2.38. The summed E-state index contributed by atoms with van der Waals surface area (Å²) in [6.07, 6.45) is 2.93. The summed E-state index contributed by atoms with van der Waals surface area (Å²) in [5.41, 5.74) is 6.42. The molecule has 2 N–H and O–H groups in total.